The van der Waals surface area contributed by atoms with Gasteiger partial charge in [-0.05, 0) is 11.6 Å². The predicted molar refractivity (Wildman–Crippen MR) is 58.5 cm³/mol. The molecule has 0 fully saturated rings. The maximum Gasteiger partial charge on any atom is 0.330 e. The van der Waals surface area contributed by atoms with Crippen molar-refractivity contribution in [3.8, 4) is 0 Å². The molecule has 0 amide bonds. The van der Waals surface area contributed by atoms with E-state index in [9.17, 15) is 4.79 Å². The van der Waals surface area contributed by atoms with E-state index in [2.05, 4.69) is 4.74 Å². The normalized spacial score (nSPS) is 10.2. The molecule has 1 aromatic rings. The summed E-state index contributed by atoms with van der Waals surface area (Å²) in [6, 6.07) is 6.99. The third-order valence-electron chi connectivity index (χ3n) is 1.83. The smallest absolute Gasteiger partial charge is 0.330 e. The SMILES string of the molecule is COC(=O)C=Cc1ccc(C(=N)N)cc1. The molecule has 0 bridgehead atoms. The molecule has 0 aliphatic heterocycles. The van der Waals surface area contributed by atoms with Crippen LogP contribution in [0.3, 0.4) is 0 Å². The summed E-state index contributed by atoms with van der Waals surface area (Å²) >= 11 is 0. The van der Waals surface area contributed by atoms with Crippen LogP contribution in [0.2, 0.25) is 0 Å². The van der Waals surface area contributed by atoms with Gasteiger partial charge in [-0.25, -0.2) is 4.79 Å². The molecule has 1 rings (SSSR count). The Hall–Kier alpha value is -2.10. The van der Waals surface area contributed by atoms with Gasteiger partial charge in [0.05, 0.1) is 7.11 Å². The molecule has 3 N–H and O–H groups in total. The number of amidine groups is 1. The first-order valence-corrected chi connectivity index (χ1v) is 4.34. The molecular weight excluding hydrogens is 192 g/mol. The standard InChI is InChI=1S/C11H12N2O2/c1-15-10(14)7-4-8-2-5-9(6-3-8)11(12)13/h2-7H,1H3,(H3,12,13). The highest BCUT2D eigenvalue weighted by Crippen LogP contribution is 2.05. The predicted octanol–water partition coefficient (Wildman–Crippen LogP) is 1.16. The molecule has 0 spiro atoms. The summed E-state index contributed by atoms with van der Waals surface area (Å²) in [4.78, 5) is 10.8. The molecule has 4 nitrogen and oxygen atoms in total. The van der Waals surface area contributed by atoms with Gasteiger partial charge in [0.15, 0.2) is 0 Å². The van der Waals surface area contributed by atoms with Crippen molar-refractivity contribution in [3.63, 3.8) is 0 Å². The van der Waals surface area contributed by atoms with E-state index in [1.54, 1.807) is 30.3 Å². The summed E-state index contributed by atoms with van der Waals surface area (Å²) in [5.41, 5.74) is 6.81. The number of carbonyl (C=O) groups excluding carboxylic acids is 1. The lowest BCUT2D eigenvalue weighted by molar-refractivity contribution is -0.134. The number of hydrogen-bond donors (Lipinski definition) is 2. The Morgan fingerprint density at radius 2 is 2.00 bits per heavy atom. The number of nitrogen functional groups attached to an aromatic ring is 1. The number of benzene rings is 1. The minimum Gasteiger partial charge on any atom is -0.466 e. The molecular formula is C11H12N2O2. The van der Waals surface area contributed by atoms with Crippen LogP contribution in [0.1, 0.15) is 11.1 Å². The fourth-order valence-corrected chi connectivity index (χ4v) is 1.01. The first kappa shape index (κ1) is 11.0. The van der Waals surface area contributed by atoms with E-state index in [1.165, 1.54) is 13.2 Å². The van der Waals surface area contributed by atoms with Crippen molar-refractivity contribution in [2.75, 3.05) is 7.11 Å². The Bertz CT molecular complexity index is 394. The quantitative estimate of drug-likeness (QED) is 0.335. The van der Waals surface area contributed by atoms with Gasteiger partial charge in [0.2, 0.25) is 0 Å². The second-order valence-electron chi connectivity index (χ2n) is 2.89. The minimum atomic E-state index is -0.398. The minimum absolute atomic E-state index is 0.0264. The lowest BCUT2D eigenvalue weighted by Crippen LogP contribution is -2.10. The highest BCUT2D eigenvalue weighted by Gasteiger charge is 1.95. The van der Waals surface area contributed by atoms with Gasteiger partial charge in [-0.3, -0.25) is 5.41 Å². The topological polar surface area (TPSA) is 76.2 Å². The summed E-state index contributed by atoms with van der Waals surface area (Å²) in [7, 11) is 1.32. The van der Waals surface area contributed by atoms with Crippen molar-refractivity contribution in [3.05, 3.63) is 41.5 Å². The summed E-state index contributed by atoms with van der Waals surface area (Å²) < 4.78 is 4.45. The van der Waals surface area contributed by atoms with Crippen molar-refractivity contribution >= 4 is 17.9 Å². The maximum atomic E-state index is 10.8. The molecule has 15 heavy (non-hydrogen) atoms. The third kappa shape index (κ3) is 3.27. The monoisotopic (exact) mass is 204 g/mol. The number of esters is 1. The number of hydrogen-bond acceptors (Lipinski definition) is 3. The molecule has 0 saturated heterocycles. The molecule has 4 heteroatoms. The Kier molecular flexibility index (Phi) is 3.62. The van der Waals surface area contributed by atoms with Gasteiger partial charge in [-0.15, -0.1) is 0 Å². The molecule has 0 atom stereocenters. The van der Waals surface area contributed by atoms with E-state index in [0.717, 1.165) is 5.56 Å². The lowest BCUT2D eigenvalue weighted by Gasteiger charge is -1.98. The fraction of sp³-hybridized carbons (Fsp3) is 0.0909. The van der Waals surface area contributed by atoms with Crippen molar-refractivity contribution in [1.29, 1.82) is 5.41 Å². The number of rotatable bonds is 3. The van der Waals surface area contributed by atoms with Crippen LogP contribution in [0.5, 0.6) is 0 Å². The van der Waals surface area contributed by atoms with Crippen molar-refractivity contribution in [2.45, 2.75) is 0 Å². The van der Waals surface area contributed by atoms with Gasteiger partial charge < -0.3 is 10.5 Å². The highest BCUT2D eigenvalue weighted by molar-refractivity contribution is 5.95. The van der Waals surface area contributed by atoms with Gasteiger partial charge in [0, 0.05) is 11.6 Å². The Morgan fingerprint density at radius 3 is 2.47 bits per heavy atom. The van der Waals surface area contributed by atoms with E-state index in [-0.39, 0.29) is 5.84 Å². The lowest BCUT2D eigenvalue weighted by atomic mass is 10.1. The second-order valence-corrected chi connectivity index (χ2v) is 2.89. The molecule has 1 aromatic carbocycles. The molecule has 0 unspecified atom stereocenters. The number of methoxy groups -OCH3 is 1. The molecule has 0 heterocycles. The first-order valence-electron chi connectivity index (χ1n) is 4.34. The molecule has 0 aromatic heterocycles. The second kappa shape index (κ2) is 4.95. The average molecular weight is 204 g/mol. The molecule has 78 valence electrons. The van der Waals surface area contributed by atoms with Crippen molar-refractivity contribution in [1.82, 2.24) is 0 Å². The summed E-state index contributed by atoms with van der Waals surface area (Å²) in [5, 5.41) is 7.19. The van der Waals surface area contributed by atoms with Gasteiger partial charge in [0.25, 0.3) is 0 Å². The maximum absolute atomic E-state index is 10.8. The van der Waals surface area contributed by atoms with E-state index in [1.807, 2.05) is 0 Å². The van der Waals surface area contributed by atoms with Gasteiger partial charge in [0.1, 0.15) is 5.84 Å². The van der Waals surface area contributed by atoms with Crippen molar-refractivity contribution < 1.29 is 9.53 Å². The van der Waals surface area contributed by atoms with Crippen LogP contribution in [0.25, 0.3) is 6.08 Å². The van der Waals surface area contributed by atoms with Crippen molar-refractivity contribution in [2.24, 2.45) is 5.73 Å². The van der Waals surface area contributed by atoms with Crippen LogP contribution >= 0.6 is 0 Å². The van der Waals surface area contributed by atoms with Crippen LogP contribution in [0, 0.1) is 5.41 Å². The zero-order chi connectivity index (χ0) is 11.3. The zero-order valence-electron chi connectivity index (χ0n) is 8.36. The van der Waals surface area contributed by atoms with Gasteiger partial charge in [-0.1, -0.05) is 24.3 Å². The largest absolute Gasteiger partial charge is 0.466 e. The summed E-state index contributed by atoms with van der Waals surface area (Å²) in [6.45, 7) is 0. The Labute approximate surface area is 87.9 Å². The fourth-order valence-electron chi connectivity index (χ4n) is 1.01. The van der Waals surface area contributed by atoms with Crippen LogP contribution in [0.15, 0.2) is 30.3 Å². The van der Waals surface area contributed by atoms with Gasteiger partial charge in [-0.2, -0.15) is 0 Å². The Morgan fingerprint density at radius 1 is 1.40 bits per heavy atom. The van der Waals surface area contributed by atoms with E-state index in [4.69, 9.17) is 11.1 Å². The Balaban J connectivity index is 2.77. The first-order chi connectivity index (χ1) is 7.13. The number of carbonyl (C=O) groups is 1. The van der Waals surface area contributed by atoms with Gasteiger partial charge >= 0.3 is 5.97 Å². The van der Waals surface area contributed by atoms with Crippen LogP contribution in [0.4, 0.5) is 0 Å². The number of nitrogens with two attached hydrogens (primary N) is 1. The zero-order valence-corrected chi connectivity index (χ0v) is 8.36. The number of nitrogens with one attached hydrogen (secondary N) is 1. The van der Waals surface area contributed by atoms with E-state index in [0.29, 0.717) is 5.56 Å². The molecule has 0 saturated carbocycles. The van der Waals surface area contributed by atoms with Crippen LogP contribution in [-0.4, -0.2) is 18.9 Å². The third-order valence-corrected chi connectivity index (χ3v) is 1.83. The number of ether oxygens (including phenoxy) is 1. The summed E-state index contributed by atoms with van der Waals surface area (Å²) in [6.07, 6.45) is 2.97. The molecule has 0 aliphatic rings. The van der Waals surface area contributed by atoms with E-state index < -0.39 is 5.97 Å². The average Bonchev–Trinajstić information content (AvgIpc) is 2.26. The van der Waals surface area contributed by atoms with Crippen LogP contribution in [-0.2, 0) is 9.53 Å². The molecule has 0 aliphatic carbocycles. The highest BCUT2D eigenvalue weighted by atomic mass is 16.5. The van der Waals surface area contributed by atoms with E-state index >= 15 is 0 Å². The molecule has 0 radical (unpaired) electrons. The van der Waals surface area contributed by atoms with Crippen LogP contribution < -0.4 is 5.73 Å². The summed E-state index contributed by atoms with van der Waals surface area (Å²) in [5.74, 6) is -0.371.